The quantitative estimate of drug-likeness (QED) is 0.464. The summed E-state index contributed by atoms with van der Waals surface area (Å²) in [7, 11) is 1.30. The summed E-state index contributed by atoms with van der Waals surface area (Å²) in [5.74, 6) is -0.672. The van der Waals surface area contributed by atoms with Crippen molar-refractivity contribution >= 4 is 11.9 Å². The van der Waals surface area contributed by atoms with Gasteiger partial charge in [-0.25, -0.2) is 11.4 Å². The second-order valence-electron chi connectivity index (χ2n) is 3.08. The minimum absolute atomic E-state index is 0.187. The van der Waals surface area contributed by atoms with Gasteiger partial charge < -0.3 is 14.5 Å². The molecule has 1 rings (SSSR count). The highest BCUT2D eigenvalue weighted by Gasteiger charge is 2.35. The molecule has 0 bridgehead atoms. The van der Waals surface area contributed by atoms with E-state index in [4.69, 9.17) is 6.57 Å². The fraction of sp³-hybridized carbons (Fsp3) is 0.667. The highest BCUT2D eigenvalue weighted by Crippen LogP contribution is 2.18. The summed E-state index contributed by atoms with van der Waals surface area (Å²) in [6, 6.07) is -0.478. The van der Waals surface area contributed by atoms with Crippen LogP contribution in [0.3, 0.4) is 0 Å². The topological polar surface area (TPSA) is 51.0 Å². The number of nitrogens with zero attached hydrogens (tertiary/aromatic N) is 2. The lowest BCUT2D eigenvalue weighted by Gasteiger charge is -2.20. The van der Waals surface area contributed by atoms with Crippen LogP contribution in [0.2, 0.25) is 0 Å². The maximum absolute atomic E-state index is 11.4. The molecule has 1 aliphatic rings. The Bertz CT molecular complexity index is 282. The van der Waals surface area contributed by atoms with Gasteiger partial charge in [-0.3, -0.25) is 4.79 Å². The van der Waals surface area contributed by atoms with E-state index in [0.717, 1.165) is 6.42 Å². The molecule has 1 heterocycles. The van der Waals surface area contributed by atoms with Crippen LogP contribution in [0.1, 0.15) is 12.8 Å². The van der Waals surface area contributed by atoms with Crippen LogP contribution in [0.4, 0.5) is 0 Å². The van der Waals surface area contributed by atoms with Gasteiger partial charge in [-0.1, -0.05) is 0 Å². The van der Waals surface area contributed by atoms with Gasteiger partial charge >= 0.3 is 11.9 Å². The Balaban J connectivity index is 2.64. The number of hydrogen-bond acceptors (Lipinski definition) is 3. The van der Waals surface area contributed by atoms with Crippen molar-refractivity contribution in [2.75, 3.05) is 20.2 Å². The number of methoxy groups -OCH3 is 1. The number of rotatable bonds is 2. The van der Waals surface area contributed by atoms with Crippen LogP contribution in [-0.2, 0) is 14.3 Å². The first-order chi connectivity index (χ1) is 6.70. The van der Waals surface area contributed by atoms with Crippen LogP contribution in [0.25, 0.3) is 4.85 Å². The van der Waals surface area contributed by atoms with Crippen LogP contribution in [0.15, 0.2) is 0 Å². The SMILES string of the molecule is [C-]#[N+]CC(=O)N1CCCC1C(=O)OC. The van der Waals surface area contributed by atoms with Crippen molar-refractivity contribution in [2.24, 2.45) is 0 Å². The maximum Gasteiger partial charge on any atom is 0.328 e. The summed E-state index contributed by atoms with van der Waals surface area (Å²) in [6.07, 6.45) is 1.43. The molecule has 0 radical (unpaired) electrons. The van der Waals surface area contributed by atoms with E-state index in [2.05, 4.69) is 9.58 Å². The first-order valence-electron chi connectivity index (χ1n) is 4.41. The van der Waals surface area contributed by atoms with Gasteiger partial charge in [-0.2, -0.15) is 0 Å². The third-order valence-electron chi connectivity index (χ3n) is 2.26. The predicted octanol–water partition coefficient (Wildman–Crippen LogP) is 0.0697. The molecule has 0 aromatic carbocycles. The smallest absolute Gasteiger partial charge is 0.328 e. The number of carbonyl (C=O) groups is 2. The fourth-order valence-corrected chi connectivity index (χ4v) is 1.60. The van der Waals surface area contributed by atoms with Gasteiger partial charge in [-0.15, -0.1) is 0 Å². The number of carbonyl (C=O) groups excluding carboxylic acids is 2. The molecule has 0 spiro atoms. The molecule has 1 unspecified atom stereocenters. The van der Waals surface area contributed by atoms with Gasteiger partial charge in [0.1, 0.15) is 6.04 Å². The molecule has 0 aromatic rings. The maximum atomic E-state index is 11.4. The molecule has 1 saturated heterocycles. The lowest BCUT2D eigenvalue weighted by Crippen LogP contribution is -2.41. The Morgan fingerprint density at radius 1 is 1.64 bits per heavy atom. The predicted molar refractivity (Wildman–Crippen MR) is 48.2 cm³/mol. The van der Waals surface area contributed by atoms with Crippen molar-refractivity contribution in [3.8, 4) is 0 Å². The monoisotopic (exact) mass is 196 g/mol. The zero-order chi connectivity index (χ0) is 10.6. The van der Waals surface area contributed by atoms with Crippen molar-refractivity contribution in [1.82, 2.24) is 4.90 Å². The molecule has 1 aliphatic heterocycles. The first kappa shape index (κ1) is 10.5. The molecule has 5 heteroatoms. The van der Waals surface area contributed by atoms with E-state index < -0.39 is 6.04 Å². The van der Waals surface area contributed by atoms with E-state index >= 15 is 0 Å². The summed E-state index contributed by atoms with van der Waals surface area (Å²) < 4.78 is 4.58. The molecule has 14 heavy (non-hydrogen) atoms. The number of hydrogen-bond donors (Lipinski definition) is 0. The number of likely N-dealkylation sites (tertiary alicyclic amines) is 1. The van der Waals surface area contributed by atoms with Crippen LogP contribution in [-0.4, -0.2) is 43.0 Å². The summed E-state index contributed by atoms with van der Waals surface area (Å²) in [5.41, 5.74) is 0. The molecule has 5 nitrogen and oxygen atoms in total. The van der Waals surface area contributed by atoms with Crippen molar-refractivity contribution in [3.63, 3.8) is 0 Å². The zero-order valence-electron chi connectivity index (χ0n) is 8.02. The van der Waals surface area contributed by atoms with Crippen LogP contribution in [0.5, 0.6) is 0 Å². The molecule has 1 amide bonds. The highest BCUT2D eigenvalue weighted by atomic mass is 16.5. The van der Waals surface area contributed by atoms with E-state index in [1.807, 2.05) is 0 Å². The van der Waals surface area contributed by atoms with Crippen LogP contribution < -0.4 is 0 Å². The first-order valence-corrected chi connectivity index (χ1v) is 4.41. The Morgan fingerprint density at radius 2 is 2.36 bits per heavy atom. The van der Waals surface area contributed by atoms with E-state index in [1.54, 1.807) is 0 Å². The third-order valence-corrected chi connectivity index (χ3v) is 2.26. The molecule has 76 valence electrons. The van der Waals surface area contributed by atoms with Gasteiger partial charge in [-0.05, 0) is 12.8 Å². The van der Waals surface area contributed by atoms with Gasteiger partial charge in [0.25, 0.3) is 6.54 Å². The molecule has 0 aliphatic carbocycles. The number of esters is 1. The second-order valence-corrected chi connectivity index (χ2v) is 3.08. The van der Waals surface area contributed by atoms with Crippen molar-refractivity contribution in [1.29, 1.82) is 0 Å². The fourth-order valence-electron chi connectivity index (χ4n) is 1.60. The summed E-state index contributed by atoms with van der Waals surface area (Å²) in [4.78, 5) is 27.1. The second kappa shape index (κ2) is 4.61. The zero-order valence-corrected chi connectivity index (χ0v) is 8.02. The minimum Gasteiger partial charge on any atom is -0.467 e. The Hall–Kier alpha value is -1.57. The molecular formula is C9H12N2O3. The molecule has 0 saturated carbocycles. The number of ether oxygens (including phenoxy) is 1. The Kier molecular flexibility index (Phi) is 3.46. The molecule has 0 N–H and O–H groups in total. The van der Waals surface area contributed by atoms with Gasteiger partial charge in [0, 0.05) is 6.54 Å². The van der Waals surface area contributed by atoms with Crippen LogP contribution >= 0.6 is 0 Å². The summed E-state index contributed by atoms with van der Waals surface area (Å²) in [5, 5.41) is 0. The van der Waals surface area contributed by atoms with Crippen molar-refractivity contribution < 1.29 is 14.3 Å². The number of amides is 1. The summed E-state index contributed by atoms with van der Waals surface area (Å²) in [6.45, 7) is 6.94. The Morgan fingerprint density at radius 3 is 2.93 bits per heavy atom. The molecule has 1 atom stereocenters. The molecular weight excluding hydrogens is 184 g/mol. The molecule has 0 aromatic heterocycles. The normalized spacial score (nSPS) is 20.3. The van der Waals surface area contributed by atoms with Gasteiger partial charge in [0.2, 0.25) is 0 Å². The van der Waals surface area contributed by atoms with Crippen molar-refractivity contribution in [3.05, 3.63) is 11.4 Å². The lowest BCUT2D eigenvalue weighted by atomic mass is 10.2. The molecule has 1 fully saturated rings. The highest BCUT2D eigenvalue weighted by molar-refractivity contribution is 5.86. The van der Waals surface area contributed by atoms with Crippen LogP contribution in [0, 0.1) is 6.57 Å². The van der Waals surface area contributed by atoms with Gasteiger partial charge in [0.15, 0.2) is 0 Å². The lowest BCUT2D eigenvalue weighted by molar-refractivity contribution is -0.150. The minimum atomic E-state index is -0.478. The largest absolute Gasteiger partial charge is 0.467 e. The van der Waals surface area contributed by atoms with E-state index in [-0.39, 0.29) is 18.4 Å². The average molecular weight is 196 g/mol. The van der Waals surface area contributed by atoms with E-state index in [1.165, 1.54) is 12.0 Å². The third kappa shape index (κ3) is 2.02. The standard InChI is InChI=1S/C9H12N2O3/c1-10-6-8(12)11-5-3-4-7(11)9(13)14-2/h7H,3-6H2,2H3. The van der Waals surface area contributed by atoms with E-state index in [0.29, 0.717) is 13.0 Å². The Labute approximate surface area is 82.5 Å². The average Bonchev–Trinajstić information content (AvgIpc) is 2.65. The van der Waals surface area contributed by atoms with E-state index in [9.17, 15) is 9.59 Å². The van der Waals surface area contributed by atoms with Crippen molar-refractivity contribution in [2.45, 2.75) is 18.9 Å². The van der Waals surface area contributed by atoms with Gasteiger partial charge in [0.05, 0.1) is 7.11 Å². The summed E-state index contributed by atoms with van der Waals surface area (Å²) >= 11 is 0.